The quantitative estimate of drug-likeness (QED) is 0.841. The van der Waals surface area contributed by atoms with E-state index in [1.807, 2.05) is 0 Å². The predicted octanol–water partition coefficient (Wildman–Crippen LogP) is 3.11. The summed E-state index contributed by atoms with van der Waals surface area (Å²) < 4.78 is 5.61. The number of ether oxygens (including phenoxy) is 1. The zero-order valence-corrected chi connectivity index (χ0v) is 11.1. The molecule has 0 bridgehead atoms. The summed E-state index contributed by atoms with van der Waals surface area (Å²) in [6.07, 6.45) is 2.20. The minimum atomic E-state index is 0.448. The van der Waals surface area contributed by atoms with Crippen molar-refractivity contribution in [3.05, 3.63) is 53.1 Å². The van der Waals surface area contributed by atoms with Crippen LogP contribution in [0.25, 0.3) is 11.1 Å². The molecule has 0 radical (unpaired) electrons. The Balaban J connectivity index is 2.07. The molecular weight excluding hydrogens is 234 g/mol. The maximum absolute atomic E-state index is 5.61. The van der Waals surface area contributed by atoms with E-state index >= 15 is 0 Å². The van der Waals surface area contributed by atoms with E-state index in [2.05, 4.69) is 41.7 Å². The third kappa shape index (κ3) is 1.53. The summed E-state index contributed by atoms with van der Waals surface area (Å²) in [6, 6.07) is 13.5. The fourth-order valence-electron chi connectivity index (χ4n) is 3.53. The molecule has 4 rings (SSSR count). The Labute approximate surface area is 113 Å². The maximum atomic E-state index is 5.61. The van der Waals surface area contributed by atoms with Gasteiger partial charge in [0.05, 0.1) is 7.11 Å². The number of methoxy groups -OCH3 is 1. The van der Waals surface area contributed by atoms with Crippen LogP contribution in [0.2, 0.25) is 0 Å². The van der Waals surface area contributed by atoms with Gasteiger partial charge in [0, 0.05) is 11.6 Å². The van der Waals surface area contributed by atoms with E-state index in [1.165, 1.54) is 27.8 Å². The van der Waals surface area contributed by atoms with Gasteiger partial charge in [-0.3, -0.25) is 0 Å². The predicted molar refractivity (Wildman–Crippen MR) is 76.6 cm³/mol. The molecule has 1 heterocycles. The molecule has 2 aromatic rings. The van der Waals surface area contributed by atoms with Crippen LogP contribution in [0.5, 0.6) is 5.75 Å². The fraction of sp³-hybridized carbons (Fsp3) is 0.294. The standard InChI is InChI=1S/C17H17NO/c1-19-15-7-6-11-8-9-18-14-10-12-4-2-3-5-13(12)17(15)16(11)14/h2-7,14,18H,8-10H2,1H3. The summed E-state index contributed by atoms with van der Waals surface area (Å²) in [4.78, 5) is 0. The molecule has 0 saturated heterocycles. The van der Waals surface area contributed by atoms with Crippen molar-refractivity contribution in [3.63, 3.8) is 0 Å². The first kappa shape index (κ1) is 11.1. The van der Waals surface area contributed by atoms with Gasteiger partial charge in [0.1, 0.15) is 5.75 Å². The van der Waals surface area contributed by atoms with Gasteiger partial charge in [0.25, 0.3) is 0 Å². The Hall–Kier alpha value is -1.80. The molecule has 96 valence electrons. The lowest BCUT2D eigenvalue weighted by Crippen LogP contribution is -2.33. The molecule has 2 heteroatoms. The molecule has 19 heavy (non-hydrogen) atoms. The van der Waals surface area contributed by atoms with Crippen LogP contribution in [0.3, 0.4) is 0 Å². The maximum Gasteiger partial charge on any atom is 0.127 e. The molecule has 2 nitrogen and oxygen atoms in total. The smallest absolute Gasteiger partial charge is 0.127 e. The molecule has 2 aliphatic rings. The molecule has 0 aromatic heterocycles. The fourth-order valence-corrected chi connectivity index (χ4v) is 3.53. The summed E-state index contributed by atoms with van der Waals surface area (Å²) in [5.41, 5.74) is 7.01. The number of fused-ring (bicyclic) bond motifs is 2. The topological polar surface area (TPSA) is 21.3 Å². The van der Waals surface area contributed by atoms with E-state index in [0.29, 0.717) is 6.04 Å². The summed E-state index contributed by atoms with van der Waals surface area (Å²) in [5.74, 6) is 1.000. The van der Waals surface area contributed by atoms with Gasteiger partial charge in [0.15, 0.2) is 0 Å². The molecule has 0 fully saturated rings. The zero-order valence-electron chi connectivity index (χ0n) is 11.1. The molecule has 0 saturated carbocycles. The van der Waals surface area contributed by atoms with Crippen LogP contribution in [-0.2, 0) is 12.8 Å². The third-order valence-corrected chi connectivity index (χ3v) is 4.36. The summed E-state index contributed by atoms with van der Waals surface area (Å²) in [7, 11) is 1.76. The Morgan fingerprint density at radius 2 is 2.00 bits per heavy atom. The first-order valence-electron chi connectivity index (χ1n) is 6.90. The van der Waals surface area contributed by atoms with Crippen LogP contribution in [-0.4, -0.2) is 13.7 Å². The SMILES string of the molecule is COc1ccc2c3c1-c1ccccc1CC3NCC2. The lowest BCUT2D eigenvalue weighted by atomic mass is 9.77. The van der Waals surface area contributed by atoms with E-state index in [4.69, 9.17) is 4.74 Å². The van der Waals surface area contributed by atoms with Gasteiger partial charge in [0.2, 0.25) is 0 Å². The molecule has 1 atom stereocenters. The van der Waals surface area contributed by atoms with Gasteiger partial charge in [-0.15, -0.1) is 0 Å². The number of hydrogen-bond acceptors (Lipinski definition) is 2. The van der Waals surface area contributed by atoms with Crippen LogP contribution < -0.4 is 10.1 Å². The number of benzene rings is 2. The van der Waals surface area contributed by atoms with E-state index < -0.39 is 0 Å². The zero-order chi connectivity index (χ0) is 12.8. The van der Waals surface area contributed by atoms with Crippen molar-refractivity contribution in [3.8, 4) is 16.9 Å². The first-order valence-corrected chi connectivity index (χ1v) is 6.90. The summed E-state index contributed by atoms with van der Waals surface area (Å²) in [6.45, 7) is 1.08. The largest absolute Gasteiger partial charge is 0.496 e. The lowest BCUT2D eigenvalue weighted by Gasteiger charge is -2.35. The molecule has 0 spiro atoms. The van der Waals surface area contributed by atoms with Crippen molar-refractivity contribution >= 4 is 0 Å². The van der Waals surface area contributed by atoms with Crippen molar-refractivity contribution in [2.45, 2.75) is 18.9 Å². The number of nitrogens with one attached hydrogen (secondary N) is 1. The lowest BCUT2D eigenvalue weighted by molar-refractivity contribution is 0.412. The average Bonchev–Trinajstić information content (AvgIpc) is 2.47. The number of rotatable bonds is 1. The molecule has 1 aliphatic carbocycles. The van der Waals surface area contributed by atoms with Gasteiger partial charge >= 0.3 is 0 Å². The first-order chi connectivity index (χ1) is 9.38. The van der Waals surface area contributed by atoms with Crippen molar-refractivity contribution < 1.29 is 4.74 Å². The van der Waals surface area contributed by atoms with E-state index in [-0.39, 0.29) is 0 Å². The van der Waals surface area contributed by atoms with Gasteiger partial charge in [-0.2, -0.15) is 0 Å². The number of hydrogen-bond donors (Lipinski definition) is 1. The van der Waals surface area contributed by atoms with Crippen molar-refractivity contribution in [2.75, 3.05) is 13.7 Å². The Morgan fingerprint density at radius 3 is 2.89 bits per heavy atom. The van der Waals surface area contributed by atoms with Crippen LogP contribution in [0.15, 0.2) is 36.4 Å². The van der Waals surface area contributed by atoms with Crippen LogP contribution in [0, 0.1) is 0 Å². The van der Waals surface area contributed by atoms with Gasteiger partial charge in [-0.25, -0.2) is 0 Å². The summed E-state index contributed by atoms with van der Waals surface area (Å²) >= 11 is 0. The highest BCUT2D eigenvalue weighted by Gasteiger charge is 2.31. The monoisotopic (exact) mass is 251 g/mol. The molecule has 1 unspecified atom stereocenters. The van der Waals surface area contributed by atoms with Crippen molar-refractivity contribution in [1.82, 2.24) is 5.32 Å². The van der Waals surface area contributed by atoms with Gasteiger partial charge in [-0.05, 0) is 47.7 Å². The molecule has 2 aromatic carbocycles. The van der Waals surface area contributed by atoms with E-state index in [1.54, 1.807) is 7.11 Å². The molecular formula is C17H17NO. The molecule has 0 amide bonds. The summed E-state index contributed by atoms with van der Waals surface area (Å²) in [5, 5.41) is 3.65. The normalized spacial score (nSPS) is 19.5. The van der Waals surface area contributed by atoms with Crippen LogP contribution in [0.1, 0.15) is 22.7 Å². The molecule has 1 N–H and O–H groups in total. The van der Waals surface area contributed by atoms with Crippen LogP contribution >= 0.6 is 0 Å². The highest BCUT2D eigenvalue weighted by atomic mass is 16.5. The Morgan fingerprint density at radius 1 is 1.11 bits per heavy atom. The Kier molecular flexibility index (Phi) is 2.39. The highest BCUT2D eigenvalue weighted by molar-refractivity contribution is 5.80. The van der Waals surface area contributed by atoms with E-state index in [0.717, 1.165) is 25.1 Å². The van der Waals surface area contributed by atoms with Gasteiger partial charge < -0.3 is 10.1 Å². The van der Waals surface area contributed by atoms with Crippen molar-refractivity contribution in [2.24, 2.45) is 0 Å². The minimum Gasteiger partial charge on any atom is -0.496 e. The van der Waals surface area contributed by atoms with Crippen LogP contribution in [0.4, 0.5) is 0 Å². The minimum absolute atomic E-state index is 0.448. The second-order valence-electron chi connectivity index (χ2n) is 5.33. The second-order valence-corrected chi connectivity index (χ2v) is 5.33. The highest BCUT2D eigenvalue weighted by Crippen LogP contribution is 2.46. The Bertz CT molecular complexity index is 648. The average molecular weight is 251 g/mol. The third-order valence-electron chi connectivity index (χ3n) is 4.36. The second kappa shape index (κ2) is 4.10. The van der Waals surface area contributed by atoms with Gasteiger partial charge in [-0.1, -0.05) is 30.3 Å². The van der Waals surface area contributed by atoms with E-state index in [9.17, 15) is 0 Å². The molecule has 1 aliphatic heterocycles. The van der Waals surface area contributed by atoms with Crippen molar-refractivity contribution in [1.29, 1.82) is 0 Å².